The molecule has 0 N–H and O–H groups in total. The lowest BCUT2D eigenvalue weighted by molar-refractivity contribution is 0.714. The third-order valence-electron chi connectivity index (χ3n) is 14.5. The molecule has 0 heterocycles. The molecule has 1 heteroatoms. The lowest BCUT2D eigenvalue weighted by Gasteiger charge is -2.31. The van der Waals surface area contributed by atoms with Crippen LogP contribution in [-0.2, 0) is 5.41 Å². The van der Waals surface area contributed by atoms with Crippen molar-refractivity contribution in [1.82, 2.24) is 0 Å². The molecule has 0 saturated heterocycles. The molecule has 0 aliphatic heterocycles. The van der Waals surface area contributed by atoms with Crippen molar-refractivity contribution in [2.24, 2.45) is 0 Å². The van der Waals surface area contributed by atoms with Crippen molar-refractivity contribution in [2.45, 2.75) is 12.3 Å². The third-order valence-corrected chi connectivity index (χ3v) is 14.5. The van der Waals surface area contributed by atoms with E-state index < -0.39 is 0 Å². The Labute approximate surface area is 391 Å². The quantitative estimate of drug-likeness (QED) is 0.144. The van der Waals surface area contributed by atoms with Crippen LogP contribution < -0.4 is 4.90 Å². The first-order valence-electron chi connectivity index (χ1n) is 23.3. The van der Waals surface area contributed by atoms with Gasteiger partial charge in [-0.05, 0) is 142 Å². The molecule has 0 aromatic heterocycles. The van der Waals surface area contributed by atoms with Crippen molar-refractivity contribution in [3.05, 3.63) is 271 Å². The van der Waals surface area contributed by atoms with E-state index in [1.165, 1.54) is 104 Å². The highest BCUT2D eigenvalue weighted by atomic mass is 15.1. The Bertz CT molecular complexity index is 3850. The van der Waals surface area contributed by atoms with Crippen LogP contribution in [0.1, 0.15) is 23.6 Å². The molecule has 12 aromatic carbocycles. The Hall–Kier alpha value is -8.52. The molecule has 1 unspecified atom stereocenters. The zero-order valence-corrected chi connectivity index (χ0v) is 37.2. The fourth-order valence-electron chi connectivity index (χ4n) is 11.3. The van der Waals surface area contributed by atoms with Crippen molar-refractivity contribution in [1.29, 1.82) is 0 Å². The summed E-state index contributed by atoms with van der Waals surface area (Å²) in [7, 11) is 0. The predicted octanol–water partition coefficient (Wildman–Crippen LogP) is 18.1. The van der Waals surface area contributed by atoms with Gasteiger partial charge in [-0.2, -0.15) is 0 Å². The molecule has 1 nitrogen and oxygen atoms in total. The normalized spacial score (nSPS) is 14.1. The van der Waals surface area contributed by atoms with Gasteiger partial charge in [-0.25, -0.2) is 0 Å². The minimum atomic E-state index is -0.329. The second kappa shape index (κ2) is 15.6. The molecule has 0 fully saturated rings. The number of rotatable bonds is 7. The standard InChI is InChI=1S/C66H45N/c1-66(49-24-9-4-10-25-49)61-32-18-17-29-56(61)57-40-38-51(43-62(57)66)67(63-42-48-23-11-12-26-52(48)53-27-13-15-30-58(53)63)50-36-33-44(34-37-50)47-35-39-55-54-28-14-16-31-59(54)64(45-19-5-2-6-20-45)65(60(55)41-47)46-21-7-3-8-22-46/h2-43H,1H3. The summed E-state index contributed by atoms with van der Waals surface area (Å²) in [6.45, 7) is 2.40. The second-order valence-corrected chi connectivity index (χ2v) is 18.1. The molecular formula is C66H45N. The van der Waals surface area contributed by atoms with Crippen LogP contribution in [0.3, 0.4) is 0 Å². The molecule has 0 amide bonds. The van der Waals surface area contributed by atoms with E-state index >= 15 is 0 Å². The van der Waals surface area contributed by atoms with Gasteiger partial charge in [0.05, 0.1) is 5.69 Å². The summed E-state index contributed by atoms with van der Waals surface area (Å²) >= 11 is 0. The van der Waals surface area contributed by atoms with Gasteiger partial charge in [0.25, 0.3) is 0 Å². The van der Waals surface area contributed by atoms with Crippen LogP contribution in [0, 0.1) is 0 Å². The second-order valence-electron chi connectivity index (χ2n) is 18.1. The first-order chi connectivity index (χ1) is 33.1. The molecule has 0 saturated carbocycles. The summed E-state index contributed by atoms with van der Waals surface area (Å²) in [5.74, 6) is 0. The van der Waals surface area contributed by atoms with Crippen molar-refractivity contribution in [2.75, 3.05) is 4.90 Å². The van der Waals surface area contributed by atoms with Gasteiger partial charge in [0.1, 0.15) is 0 Å². The predicted molar refractivity (Wildman–Crippen MR) is 285 cm³/mol. The molecule has 314 valence electrons. The fraction of sp³-hybridized carbons (Fsp3) is 0.0303. The third kappa shape index (κ3) is 6.16. The fourth-order valence-corrected chi connectivity index (χ4v) is 11.3. The maximum Gasteiger partial charge on any atom is 0.0546 e. The van der Waals surface area contributed by atoms with Gasteiger partial charge in [-0.15, -0.1) is 0 Å². The van der Waals surface area contributed by atoms with Crippen molar-refractivity contribution < 1.29 is 0 Å². The first kappa shape index (κ1) is 38.9. The van der Waals surface area contributed by atoms with Crippen molar-refractivity contribution in [3.8, 4) is 44.5 Å². The highest BCUT2D eigenvalue weighted by molar-refractivity contribution is 6.22. The van der Waals surface area contributed by atoms with Gasteiger partial charge in [-0.3, -0.25) is 0 Å². The van der Waals surface area contributed by atoms with Gasteiger partial charge >= 0.3 is 0 Å². The average molecular weight is 852 g/mol. The number of anilines is 3. The van der Waals surface area contributed by atoms with Crippen LogP contribution in [0.25, 0.3) is 87.6 Å². The Kier molecular flexibility index (Phi) is 9.05. The van der Waals surface area contributed by atoms with Crippen LogP contribution in [0.4, 0.5) is 17.1 Å². The zero-order valence-electron chi connectivity index (χ0n) is 37.2. The van der Waals surface area contributed by atoms with Crippen molar-refractivity contribution >= 4 is 60.2 Å². The summed E-state index contributed by atoms with van der Waals surface area (Å²) < 4.78 is 0. The molecule has 0 spiro atoms. The van der Waals surface area contributed by atoms with E-state index in [-0.39, 0.29) is 5.41 Å². The van der Waals surface area contributed by atoms with Gasteiger partial charge in [-0.1, -0.05) is 218 Å². The summed E-state index contributed by atoms with van der Waals surface area (Å²) in [4.78, 5) is 2.49. The summed E-state index contributed by atoms with van der Waals surface area (Å²) in [5.41, 5.74) is 16.9. The van der Waals surface area contributed by atoms with E-state index in [1.807, 2.05) is 0 Å². The van der Waals surface area contributed by atoms with Crippen LogP contribution in [0.15, 0.2) is 255 Å². The Morgan fingerprint density at radius 1 is 0.299 bits per heavy atom. The van der Waals surface area contributed by atoms with E-state index in [4.69, 9.17) is 0 Å². The topological polar surface area (TPSA) is 3.24 Å². The number of hydrogen-bond acceptors (Lipinski definition) is 1. The highest BCUT2D eigenvalue weighted by Gasteiger charge is 2.41. The number of benzene rings is 12. The van der Waals surface area contributed by atoms with Crippen LogP contribution >= 0.6 is 0 Å². The monoisotopic (exact) mass is 851 g/mol. The molecule has 1 aliphatic rings. The molecule has 12 aromatic rings. The van der Waals surface area contributed by atoms with Crippen LogP contribution in [0.2, 0.25) is 0 Å². The van der Waals surface area contributed by atoms with E-state index in [0.29, 0.717) is 0 Å². The van der Waals surface area contributed by atoms with E-state index in [1.54, 1.807) is 0 Å². The summed E-state index contributed by atoms with van der Waals surface area (Å²) in [5, 5.41) is 9.95. The maximum absolute atomic E-state index is 2.49. The summed E-state index contributed by atoms with van der Waals surface area (Å²) in [6.07, 6.45) is 0. The lowest BCUT2D eigenvalue weighted by atomic mass is 9.74. The molecule has 13 rings (SSSR count). The molecular weight excluding hydrogens is 807 g/mol. The largest absolute Gasteiger partial charge is 0.310 e. The zero-order chi connectivity index (χ0) is 44.5. The molecule has 1 atom stereocenters. The van der Waals surface area contributed by atoms with Crippen LogP contribution in [-0.4, -0.2) is 0 Å². The van der Waals surface area contributed by atoms with Gasteiger partial charge in [0, 0.05) is 22.2 Å². The van der Waals surface area contributed by atoms with Gasteiger partial charge in [0.15, 0.2) is 0 Å². The van der Waals surface area contributed by atoms with E-state index in [9.17, 15) is 0 Å². The molecule has 1 aliphatic carbocycles. The number of fused-ring (bicyclic) bond motifs is 9. The Balaban J connectivity index is 1.01. The number of nitrogens with zero attached hydrogens (tertiary/aromatic N) is 1. The van der Waals surface area contributed by atoms with Gasteiger partial charge in [0.2, 0.25) is 0 Å². The van der Waals surface area contributed by atoms with Crippen molar-refractivity contribution in [3.63, 3.8) is 0 Å². The van der Waals surface area contributed by atoms with Gasteiger partial charge < -0.3 is 4.90 Å². The first-order valence-corrected chi connectivity index (χ1v) is 23.3. The van der Waals surface area contributed by atoms with E-state index in [2.05, 4.69) is 267 Å². The highest BCUT2D eigenvalue weighted by Crippen LogP contribution is 2.54. The molecule has 0 bridgehead atoms. The minimum absolute atomic E-state index is 0.329. The van der Waals surface area contributed by atoms with E-state index in [0.717, 1.165) is 17.1 Å². The average Bonchev–Trinajstić information content (AvgIpc) is 3.66. The molecule has 0 radical (unpaired) electrons. The maximum atomic E-state index is 2.49. The number of hydrogen-bond donors (Lipinski definition) is 0. The van der Waals surface area contributed by atoms with Crippen LogP contribution in [0.5, 0.6) is 0 Å². The summed E-state index contributed by atoms with van der Waals surface area (Å²) in [6, 6.07) is 94.2. The Morgan fingerprint density at radius 2 is 0.806 bits per heavy atom. The Morgan fingerprint density at radius 3 is 1.52 bits per heavy atom. The minimum Gasteiger partial charge on any atom is -0.310 e. The SMILES string of the molecule is CC1(c2ccccc2)c2ccccc2-c2ccc(N(c3ccc(-c4ccc5c(c4)c(-c4ccccc4)c(-c4ccccc4)c4ccccc45)cc3)c3cc4ccccc4c4ccccc34)cc21. The molecule has 67 heavy (non-hydrogen) atoms. The lowest BCUT2D eigenvalue weighted by Crippen LogP contribution is -2.22. The smallest absolute Gasteiger partial charge is 0.0546 e.